The fourth-order valence-electron chi connectivity index (χ4n) is 5.33. The van der Waals surface area contributed by atoms with Gasteiger partial charge in [-0.2, -0.15) is 0 Å². The first kappa shape index (κ1) is 55.6. The van der Waals surface area contributed by atoms with E-state index in [9.17, 15) is 14.4 Å². The lowest BCUT2D eigenvalue weighted by Crippen LogP contribution is -2.27. The van der Waals surface area contributed by atoms with Crippen LogP contribution >= 0.6 is 56.7 Å². The maximum atomic E-state index is 11.9. The predicted molar refractivity (Wildman–Crippen MR) is 254 cm³/mol. The average Bonchev–Trinajstić information content (AvgIpc) is 4.07. The van der Waals surface area contributed by atoms with Crippen molar-refractivity contribution in [3.8, 4) is 12.3 Å². The van der Waals surface area contributed by atoms with Gasteiger partial charge in [0.2, 0.25) is 5.95 Å². The van der Waals surface area contributed by atoms with Crippen molar-refractivity contribution in [3.63, 3.8) is 0 Å². The Morgan fingerprint density at radius 1 is 0.921 bits per heavy atom. The Morgan fingerprint density at radius 2 is 1.52 bits per heavy atom. The van der Waals surface area contributed by atoms with E-state index < -0.39 is 11.7 Å². The molecule has 0 spiro atoms. The van der Waals surface area contributed by atoms with Crippen molar-refractivity contribution in [3.05, 3.63) is 91.0 Å². The number of aromatic amines is 3. The van der Waals surface area contributed by atoms with E-state index in [2.05, 4.69) is 93.7 Å². The maximum absolute atomic E-state index is 11.9. The molecule has 5 aromatic heterocycles. The van der Waals surface area contributed by atoms with Crippen LogP contribution in [0.1, 0.15) is 104 Å². The second kappa shape index (κ2) is 29.8. The molecule has 0 unspecified atom stereocenters. The molecule has 0 fully saturated rings. The summed E-state index contributed by atoms with van der Waals surface area (Å²) in [6, 6.07) is 3.41. The second-order valence-corrected chi connectivity index (χ2v) is 16.3. The van der Waals surface area contributed by atoms with Gasteiger partial charge in [-0.3, -0.25) is 14.3 Å². The summed E-state index contributed by atoms with van der Waals surface area (Å²) in [4.78, 5) is 54.6. The highest BCUT2D eigenvalue weighted by Gasteiger charge is 2.20. The monoisotopic (exact) mass is 1040 g/mol. The third kappa shape index (κ3) is 22.5. The Labute approximate surface area is 395 Å². The van der Waals surface area contributed by atoms with E-state index in [1.165, 1.54) is 4.57 Å². The zero-order valence-electron chi connectivity index (χ0n) is 35.4. The summed E-state index contributed by atoms with van der Waals surface area (Å²) >= 11 is 6.52. The van der Waals surface area contributed by atoms with Crippen LogP contribution in [0, 0.1) is 12.3 Å². The molecule has 0 saturated carbocycles. The van der Waals surface area contributed by atoms with Crippen LogP contribution in [-0.4, -0.2) is 87.6 Å². The van der Waals surface area contributed by atoms with Crippen LogP contribution in [0.3, 0.4) is 0 Å². The van der Waals surface area contributed by atoms with Crippen LogP contribution in [0.15, 0.2) is 57.2 Å². The number of hydrogen-bond donors (Lipinski definition) is 7. The number of nitrogens with one attached hydrogen (secondary N) is 5. The molecular weight excluding hydrogens is 987 g/mol. The summed E-state index contributed by atoms with van der Waals surface area (Å²) in [6.07, 6.45) is 23.2. The fourth-order valence-corrected chi connectivity index (χ4v) is 6.02. The summed E-state index contributed by atoms with van der Waals surface area (Å²) in [5, 5.41) is 17.0. The molecule has 0 bridgehead atoms. The number of rotatable bonds is 19. The summed E-state index contributed by atoms with van der Waals surface area (Å²) in [5.74, 6) is 2.89. The lowest BCUT2D eigenvalue weighted by molar-refractivity contribution is 0.0540. The number of nitrogens with two attached hydrogens (primary N) is 2. The lowest BCUT2D eigenvalue weighted by Gasteiger charge is -2.19. The minimum absolute atomic E-state index is 0. The van der Waals surface area contributed by atoms with Crippen molar-refractivity contribution in [2.75, 3.05) is 31.1 Å². The number of H-pyrrole nitrogens is 3. The van der Waals surface area contributed by atoms with Gasteiger partial charge in [-0.1, -0.05) is 23.2 Å². The number of carbonyl (C=O) groups is 3. The number of carbonyl (C=O) groups excluding carboxylic acids is 3. The zero-order chi connectivity index (χ0) is 44.6. The molecule has 0 aliphatic carbocycles. The van der Waals surface area contributed by atoms with E-state index in [1.54, 1.807) is 41.6 Å². The van der Waals surface area contributed by atoms with Gasteiger partial charge in [0, 0.05) is 70.4 Å². The quantitative estimate of drug-likeness (QED) is 0.0139. The molecule has 0 saturated heterocycles. The number of imidazole rings is 2. The van der Waals surface area contributed by atoms with Crippen LogP contribution in [0.4, 0.5) is 16.7 Å². The lowest BCUT2D eigenvalue weighted by atomic mass is 10.1. The molecular formula is C39H56Br2Cl2N16O4. The van der Waals surface area contributed by atoms with E-state index in [0.717, 1.165) is 90.2 Å². The molecule has 0 aromatic carbocycles. The van der Waals surface area contributed by atoms with Crippen LogP contribution in [0.25, 0.3) is 10.4 Å². The first-order chi connectivity index (χ1) is 29.2. The molecule has 0 radical (unpaired) electrons. The van der Waals surface area contributed by atoms with Crippen LogP contribution in [0.2, 0.25) is 0 Å². The van der Waals surface area contributed by atoms with Gasteiger partial charge in [0.05, 0.1) is 24.1 Å². The van der Waals surface area contributed by atoms with Gasteiger partial charge < -0.3 is 41.8 Å². The van der Waals surface area contributed by atoms with Gasteiger partial charge >= 0.3 is 6.09 Å². The minimum Gasteiger partial charge on any atom is -0.443 e. The smallest absolute Gasteiger partial charge is 0.421 e. The van der Waals surface area contributed by atoms with Crippen molar-refractivity contribution in [2.45, 2.75) is 97.1 Å². The Morgan fingerprint density at radius 3 is 2.08 bits per heavy atom. The number of nitrogens with zero attached hydrogens (tertiary/aromatic N) is 9. The average molecular weight is 1040 g/mol. The molecule has 344 valence electrons. The van der Waals surface area contributed by atoms with Crippen LogP contribution in [-0.2, 0) is 30.5 Å². The van der Waals surface area contributed by atoms with Crippen molar-refractivity contribution in [1.29, 1.82) is 0 Å². The molecule has 5 rings (SSSR count). The number of anilines is 2. The molecule has 9 N–H and O–H groups in total. The van der Waals surface area contributed by atoms with Crippen molar-refractivity contribution in [1.82, 2.24) is 55.1 Å². The van der Waals surface area contributed by atoms with Gasteiger partial charge in [0.1, 0.15) is 17.0 Å². The van der Waals surface area contributed by atoms with Crippen LogP contribution < -0.4 is 22.1 Å². The van der Waals surface area contributed by atoms with E-state index >= 15 is 0 Å². The molecule has 2 amide bonds. The molecule has 63 heavy (non-hydrogen) atoms. The number of amides is 2. The number of unbranched alkanes of at least 4 members (excludes halogenated alkanes) is 5. The van der Waals surface area contributed by atoms with Gasteiger partial charge in [-0.05, 0) is 115 Å². The molecule has 5 aromatic rings. The topological polar surface area (TPSA) is 294 Å². The van der Waals surface area contributed by atoms with Gasteiger partial charge in [0.15, 0.2) is 5.95 Å². The highest BCUT2D eigenvalue weighted by atomic mass is 79.9. The Hall–Kier alpha value is -5.46. The number of terminal acetylenes is 1. The van der Waals surface area contributed by atoms with E-state index in [4.69, 9.17) is 28.2 Å². The zero-order valence-corrected chi connectivity index (χ0v) is 40.2. The number of ether oxygens (including phenoxy) is 1. The van der Waals surface area contributed by atoms with Crippen molar-refractivity contribution < 1.29 is 19.1 Å². The third-order valence-corrected chi connectivity index (χ3v) is 9.13. The van der Waals surface area contributed by atoms with E-state index in [1.807, 2.05) is 27.0 Å². The molecule has 20 nitrogen and oxygen atoms in total. The summed E-state index contributed by atoms with van der Waals surface area (Å²) in [7, 11) is 0. The molecule has 0 atom stereocenters. The first-order valence-electron chi connectivity index (χ1n) is 19.6. The number of azide groups is 1. The number of halogens is 4. The van der Waals surface area contributed by atoms with Gasteiger partial charge in [-0.15, -0.1) is 42.3 Å². The summed E-state index contributed by atoms with van der Waals surface area (Å²) < 4.78 is 9.93. The molecule has 0 aliphatic heterocycles. The SMILES string of the molecule is C#CCCCCCc1cn(C(=O)OC(C)(C)C)c(N)n1.Cl.Cl.Nc1ncc(CCCCCc2cn(CCNC(=O)c3cc(Br)c[nH]3)nn2)[nH]1.[N-]=[N+]=NCCNC(=O)c1cc(Br)c[nH]1. The Kier molecular flexibility index (Phi) is 26.3. The van der Waals surface area contributed by atoms with E-state index in [-0.39, 0.29) is 49.1 Å². The van der Waals surface area contributed by atoms with Crippen LogP contribution in [0.5, 0.6) is 0 Å². The summed E-state index contributed by atoms with van der Waals surface area (Å²) in [5.41, 5.74) is 22.6. The number of nitrogen functional groups attached to an aromatic ring is 2. The highest BCUT2D eigenvalue weighted by molar-refractivity contribution is 9.10. The number of aromatic nitrogens is 9. The number of aryl methyl sites for hydroxylation is 3. The van der Waals surface area contributed by atoms with Crippen molar-refractivity contribution >= 4 is 86.5 Å². The largest absolute Gasteiger partial charge is 0.443 e. The fraction of sp³-hybridized carbons (Fsp3) is 0.462. The maximum Gasteiger partial charge on any atom is 0.421 e. The van der Waals surface area contributed by atoms with Gasteiger partial charge in [-0.25, -0.2) is 19.3 Å². The molecule has 24 heteroatoms. The summed E-state index contributed by atoms with van der Waals surface area (Å²) in [6.45, 7) is 7.09. The van der Waals surface area contributed by atoms with E-state index in [0.29, 0.717) is 37.0 Å². The highest BCUT2D eigenvalue weighted by Crippen LogP contribution is 2.15. The third-order valence-electron chi connectivity index (χ3n) is 8.21. The predicted octanol–water partition coefficient (Wildman–Crippen LogP) is 7.71. The number of hydrogen-bond acceptors (Lipinski definition) is 11. The second-order valence-electron chi connectivity index (χ2n) is 14.5. The van der Waals surface area contributed by atoms with Gasteiger partial charge in [0.25, 0.3) is 11.8 Å². The molecule has 5 heterocycles. The Bertz CT molecular complexity index is 2210. The minimum atomic E-state index is -0.552. The molecule has 0 aliphatic rings. The first-order valence-corrected chi connectivity index (χ1v) is 21.2. The Balaban J connectivity index is 0.000000490. The normalized spacial score (nSPS) is 10.3. The standard InChI is InChI=1S/C17H23BrN8O.C15H23N3O2.C7H8BrN5O.2ClH/c18-12-8-15(21-9-12)16(27)20-6-7-26-11-14(24-25-26)5-3-1-2-4-13-10-22-17(19)23-13;1-5-6-7-8-9-10-12-11-18(13(16)17-12)14(19)20-15(2,3)4;8-5-3-6(11-4-5)7(14)10-1-2-12-13-9;;/h8-11,21H,1-7H2,(H,20,27)(H3,19,22,23);1,11H,6-10H2,2-4H3,(H2,16,17);3-4,11H,1-2H2,(H,10,14);2*1H. The van der Waals surface area contributed by atoms with Crippen molar-refractivity contribution in [2.24, 2.45) is 5.11 Å².